The number of hydrogen-bond donors (Lipinski definition) is 0. The summed E-state index contributed by atoms with van der Waals surface area (Å²) >= 11 is 9.12. The molecule has 0 saturated heterocycles. The number of aromatic nitrogens is 1. The quantitative estimate of drug-likeness (QED) is 0.689. The van der Waals surface area contributed by atoms with Crippen molar-refractivity contribution in [2.24, 2.45) is 0 Å². The predicted octanol–water partition coefficient (Wildman–Crippen LogP) is 2.29. The molecule has 1 aromatic heterocycles. The van der Waals surface area contributed by atoms with E-state index >= 15 is 0 Å². The Morgan fingerprint density at radius 2 is 1.57 bits per heavy atom. The summed E-state index contributed by atoms with van der Waals surface area (Å²) in [5.74, 6) is 0. The van der Waals surface area contributed by atoms with Crippen LogP contribution in [0.25, 0.3) is 0 Å². The first-order chi connectivity index (χ1) is 9.74. The normalized spacial score (nSPS) is 19.5. The summed E-state index contributed by atoms with van der Waals surface area (Å²) in [6.45, 7) is 0. The van der Waals surface area contributed by atoms with E-state index in [2.05, 4.69) is 20.9 Å². The average Bonchev–Trinajstić information content (AvgIpc) is 3.26. The molecular weight excluding hydrogens is 404 g/mol. The van der Waals surface area contributed by atoms with Gasteiger partial charge in [-0.3, -0.25) is 0 Å². The van der Waals surface area contributed by atoms with E-state index in [1.165, 1.54) is 12.3 Å². The second-order valence-corrected chi connectivity index (χ2v) is 10.8. The summed E-state index contributed by atoms with van der Waals surface area (Å²) in [6, 6.07) is 1.37. The summed E-state index contributed by atoms with van der Waals surface area (Å²) in [5.41, 5.74) is -0.107. The third-order valence-corrected chi connectivity index (χ3v) is 9.25. The molecule has 0 spiro atoms. The maximum absolute atomic E-state index is 12.6. The van der Waals surface area contributed by atoms with Crippen LogP contribution < -0.4 is 3.71 Å². The molecule has 0 atom stereocenters. The molecule has 3 rings (SSSR count). The van der Waals surface area contributed by atoms with Crippen LogP contribution in [0.15, 0.2) is 16.7 Å². The molecule has 1 heterocycles. The SMILES string of the molecule is O=S(=O)(C1CC1)N(c1cc(Br)cnc1Cl)S(=O)(=O)C1CC1. The molecule has 10 heteroatoms. The maximum Gasteiger partial charge on any atom is 0.251 e. The second kappa shape index (κ2) is 5.07. The van der Waals surface area contributed by atoms with Crippen molar-refractivity contribution in [3.63, 3.8) is 0 Å². The Morgan fingerprint density at radius 3 is 2.00 bits per heavy atom. The number of halogens is 2. The Morgan fingerprint density at radius 1 is 1.10 bits per heavy atom. The van der Waals surface area contributed by atoms with Gasteiger partial charge in [0.1, 0.15) is 5.69 Å². The van der Waals surface area contributed by atoms with Crippen molar-refractivity contribution in [3.8, 4) is 0 Å². The highest BCUT2D eigenvalue weighted by molar-refractivity contribution is 9.10. The molecule has 116 valence electrons. The van der Waals surface area contributed by atoms with E-state index < -0.39 is 30.5 Å². The molecule has 2 aliphatic carbocycles. The Bertz CT molecular complexity index is 746. The van der Waals surface area contributed by atoms with Gasteiger partial charge in [0, 0.05) is 10.7 Å². The van der Waals surface area contributed by atoms with E-state index in [-0.39, 0.29) is 10.8 Å². The fraction of sp³-hybridized carbons (Fsp3) is 0.545. The van der Waals surface area contributed by atoms with Gasteiger partial charge < -0.3 is 0 Å². The molecule has 21 heavy (non-hydrogen) atoms. The Balaban J connectivity index is 2.19. The van der Waals surface area contributed by atoms with E-state index in [1.54, 1.807) is 0 Å². The molecule has 2 aliphatic rings. The lowest BCUT2D eigenvalue weighted by molar-refractivity contribution is 0.582. The van der Waals surface area contributed by atoms with Crippen LogP contribution in [0.1, 0.15) is 25.7 Å². The molecule has 0 aliphatic heterocycles. The summed E-state index contributed by atoms with van der Waals surface area (Å²) in [5, 5.41) is -1.45. The van der Waals surface area contributed by atoms with Crippen LogP contribution >= 0.6 is 27.5 Å². The predicted molar refractivity (Wildman–Crippen MR) is 83.3 cm³/mol. The monoisotopic (exact) mass is 414 g/mol. The zero-order valence-corrected chi connectivity index (χ0v) is 14.7. The summed E-state index contributed by atoms with van der Waals surface area (Å²) < 4.78 is 51.3. The molecule has 6 nitrogen and oxygen atoms in total. The van der Waals surface area contributed by atoms with Gasteiger partial charge in [-0.1, -0.05) is 11.6 Å². The van der Waals surface area contributed by atoms with E-state index in [1.807, 2.05) is 0 Å². The van der Waals surface area contributed by atoms with Crippen LogP contribution in [-0.4, -0.2) is 32.3 Å². The van der Waals surface area contributed by atoms with Gasteiger partial charge in [-0.25, -0.2) is 21.8 Å². The van der Waals surface area contributed by atoms with Gasteiger partial charge in [0.05, 0.1) is 10.5 Å². The van der Waals surface area contributed by atoms with Gasteiger partial charge in [0.15, 0.2) is 5.15 Å². The summed E-state index contributed by atoms with van der Waals surface area (Å²) in [6.07, 6.45) is 3.27. The lowest BCUT2D eigenvalue weighted by Gasteiger charge is -2.24. The lowest BCUT2D eigenvalue weighted by atomic mass is 10.4. The molecule has 0 radical (unpaired) electrons. The summed E-state index contributed by atoms with van der Waals surface area (Å²) in [4.78, 5) is 3.83. The third kappa shape index (κ3) is 2.80. The van der Waals surface area contributed by atoms with Crippen molar-refractivity contribution in [1.29, 1.82) is 0 Å². The van der Waals surface area contributed by atoms with E-state index in [4.69, 9.17) is 11.6 Å². The number of anilines is 1. The Hall–Kier alpha value is -0.380. The van der Waals surface area contributed by atoms with Gasteiger partial charge in [-0.15, -0.1) is 0 Å². The Labute approximate surface area is 136 Å². The highest BCUT2D eigenvalue weighted by Gasteiger charge is 2.51. The molecule has 1 aromatic rings. The van der Waals surface area contributed by atoms with Gasteiger partial charge >= 0.3 is 0 Å². The second-order valence-electron chi connectivity index (χ2n) is 5.15. The van der Waals surface area contributed by atoms with Crippen LogP contribution in [-0.2, 0) is 20.0 Å². The lowest BCUT2D eigenvalue weighted by Crippen LogP contribution is -2.41. The first kappa shape index (κ1) is 15.5. The van der Waals surface area contributed by atoms with Gasteiger partial charge in [-0.2, -0.15) is 3.71 Å². The molecule has 2 saturated carbocycles. The average molecular weight is 416 g/mol. The molecule has 0 unspecified atom stereocenters. The summed E-state index contributed by atoms with van der Waals surface area (Å²) in [7, 11) is -7.97. The Kier molecular flexibility index (Phi) is 3.75. The standard InChI is InChI=1S/C11H12BrClN2O4S2/c12-7-5-10(11(13)14-6-7)15(20(16,17)8-1-2-8)21(18,19)9-3-4-9/h5-6,8-9H,1-4H2. The van der Waals surface area contributed by atoms with E-state index in [0.717, 1.165) is 0 Å². The fourth-order valence-electron chi connectivity index (χ4n) is 1.96. The largest absolute Gasteiger partial charge is 0.251 e. The minimum Gasteiger partial charge on any atom is -0.241 e. The molecule has 2 fully saturated rings. The minimum absolute atomic E-state index is 0.107. The smallest absolute Gasteiger partial charge is 0.241 e. The number of pyridine rings is 1. The first-order valence-corrected chi connectivity index (χ1v) is 10.5. The molecule has 0 aromatic carbocycles. The van der Waals surface area contributed by atoms with E-state index in [0.29, 0.717) is 33.9 Å². The number of sulfonamides is 2. The number of rotatable bonds is 5. The highest BCUT2D eigenvalue weighted by Crippen LogP contribution is 2.42. The van der Waals surface area contributed by atoms with Crippen molar-refractivity contribution in [2.45, 2.75) is 36.2 Å². The van der Waals surface area contributed by atoms with Crippen molar-refractivity contribution in [3.05, 3.63) is 21.9 Å². The number of nitrogens with zero attached hydrogens (tertiary/aromatic N) is 2. The fourth-order valence-corrected chi connectivity index (χ4v) is 7.29. The van der Waals surface area contributed by atoms with Crippen LogP contribution in [0.5, 0.6) is 0 Å². The molecular formula is C11H12BrClN2O4S2. The van der Waals surface area contributed by atoms with Crippen molar-refractivity contribution >= 4 is 53.3 Å². The minimum atomic E-state index is -3.98. The van der Waals surface area contributed by atoms with Crippen molar-refractivity contribution in [2.75, 3.05) is 3.71 Å². The van der Waals surface area contributed by atoms with Crippen LogP contribution in [0, 0.1) is 0 Å². The van der Waals surface area contributed by atoms with Crippen molar-refractivity contribution in [1.82, 2.24) is 4.98 Å². The molecule has 0 amide bonds. The zero-order chi connectivity index (χ0) is 15.4. The zero-order valence-electron chi connectivity index (χ0n) is 10.7. The topological polar surface area (TPSA) is 84.4 Å². The van der Waals surface area contributed by atoms with Crippen LogP contribution in [0.4, 0.5) is 5.69 Å². The number of hydrogen-bond acceptors (Lipinski definition) is 5. The van der Waals surface area contributed by atoms with Crippen LogP contribution in [0.2, 0.25) is 5.15 Å². The van der Waals surface area contributed by atoms with Crippen molar-refractivity contribution < 1.29 is 16.8 Å². The third-order valence-electron chi connectivity index (χ3n) is 3.34. The van der Waals surface area contributed by atoms with Gasteiger partial charge in [0.25, 0.3) is 20.0 Å². The molecule has 0 bridgehead atoms. The van der Waals surface area contributed by atoms with Gasteiger partial charge in [-0.05, 0) is 47.7 Å². The van der Waals surface area contributed by atoms with E-state index in [9.17, 15) is 16.8 Å². The first-order valence-electron chi connectivity index (χ1n) is 6.34. The van der Waals surface area contributed by atoms with Crippen LogP contribution in [0.3, 0.4) is 0 Å². The maximum atomic E-state index is 12.6. The molecule has 0 N–H and O–H groups in total. The highest BCUT2D eigenvalue weighted by atomic mass is 79.9. The van der Waals surface area contributed by atoms with Gasteiger partial charge in [0.2, 0.25) is 0 Å².